The first-order valence-electron chi connectivity index (χ1n) is 8.14. The fourth-order valence-corrected chi connectivity index (χ4v) is 4.03. The molecule has 126 valence electrons. The lowest BCUT2D eigenvalue weighted by molar-refractivity contribution is -0.0598. The maximum atomic E-state index is 12.8. The molecule has 4 rings (SSSR count). The van der Waals surface area contributed by atoms with Gasteiger partial charge in [-0.25, -0.2) is 4.98 Å². The molecule has 3 atom stereocenters. The Morgan fingerprint density at radius 2 is 2.42 bits per heavy atom. The van der Waals surface area contributed by atoms with Gasteiger partial charge in [-0.05, 0) is 24.5 Å². The van der Waals surface area contributed by atoms with Crippen LogP contribution in [0.1, 0.15) is 28.9 Å². The number of carbonyl (C=O) groups excluding carboxylic acids is 1. The van der Waals surface area contributed by atoms with Crippen molar-refractivity contribution in [2.45, 2.75) is 37.7 Å². The number of ether oxygens (including phenoxy) is 2. The molecule has 6 nitrogen and oxygen atoms in total. The average Bonchev–Trinajstić information content (AvgIpc) is 3.22. The topological polar surface area (TPSA) is 64.6 Å². The highest BCUT2D eigenvalue weighted by molar-refractivity contribution is 7.07. The predicted molar refractivity (Wildman–Crippen MR) is 88.7 cm³/mol. The van der Waals surface area contributed by atoms with Crippen LogP contribution in [-0.2, 0) is 16.1 Å². The van der Waals surface area contributed by atoms with Crippen molar-refractivity contribution >= 4 is 17.2 Å². The molecule has 7 heteroatoms. The number of rotatable bonds is 4. The number of aromatic nitrogens is 2. The van der Waals surface area contributed by atoms with Crippen molar-refractivity contribution in [1.29, 1.82) is 0 Å². The average molecular weight is 345 g/mol. The molecular weight excluding hydrogens is 326 g/mol. The summed E-state index contributed by atoms with van der Waals surface area (Å²) in [4.78, 5) is 22.9. The summed E-state index contributed by atoms with van der Waals surface area (Å²) in [5.41, 5.74) is 3.23. The van der Waals surface area contributed by atoms with Crippen molar-refractivity contribution < 1.29 is 14.3 Å². The molecule has 1 saturated carbocycles. The molecule has 0 unspecified atom stereocenters. The van der Waals surface area contributed by atoms with Gasteiger partial charge < -0.3 is 14.4 Å². The summed E-state index contributed by atoms with van der Waals surface area (Å²) in [5, 5.41) is 1.80. The van der Waals surface area contributed by atoms with Crippen LogP contribution in [0.15, 0.2) is 35.4 Å². The lowest BCUT2D eigenvalue weighted by Crippen LogP contribution is -2.46. The van der Waals surface area contributed by atoms with Crippen molar-refractivity contribution in [3.63, 3.8) is 0 Å². The Hall–Kier alpha value is -1.83. The number of thiazole rings is 1. The molecule has 2 fully saturated rings. The van der Waals surface area contributed by atoms with Crippen molar-refractivity contribution in [2.75, 3.05) is 13.2 Å². The summed E-state index contributed by atoms with van der Waals surface area (Å²) >= 11 is 1.44. The Balaban J connectivity index is 1.50. The van der Waals surface area contributed by atoms with Crippen LogP contribution in [0.4, 0.5) is 0 Å². The van der Waals surface area contributed by atoms with Gasteiger partial charge in [-0.15, -0.1) is 11.3 Å². The third kappa shape index (κ3) is 3.07. The van der Waals surface area contributed by atoms with E-state index in [1.807, 2.05) is 17.0 Å². The smallest absolute Gasteiger partial charge is 0.273 e. The van der Waals surface area contributed by atoms with E-state index in [2.05, 4.69) is 9.97 Å². The zero-order valence-corrected chi connectivity index (χ0v) is 14.0. The number of fused-ring (bicyclic) bond motifs is 2. The number of pyridine rings is 1. The summed E-state index contributed by atoms with van der Waals surface area (Å²) in [7, 11) is 0. The number of carbonyl (C=O) groups is 1. The molecule has 2 bridgehead atoms. The highest BCUT2D eigenvalue weighted by Crippen LogP contribution is 2.33. The maximum absolute atomic E-state index is 12.8. The summed E-state index contributed by atoms with van der Waals surface area (Å²) in [5.74, 6) is -0.0256. The van der Waals surface area contributed by atoms with Crippen molar-refractivity contribution in [1.82, 2.24) is 14.9 Å². The Morgan fingerprint density at radius 3 is 3.21 bits per heavy atom. The van der Waals surface area contributed by atoms with Crippen LogP contribution in [0.5, 0.6) is 0 Å². The van der Waals surface area contributed by atoms with E-state index in [0.29, 0.717) is 25.5 Å². The quantitative estimate of drug-likeness (QED) is 0.849. The summed E-state index contributed by atoms with van der Waals surface area (Å²) in [6.07, 6.45) is 5.32. The van der Waals surface area contributed by atoms with E-state index in [1.54, 1.807) is 23.3 Å². The first kappa shape index (κ1) is 15.7. The Kier molecular flexibility index (Phi) is 4.55. The van der Waals surface area contributed by atoms with E-state index in [9.17, 15) is 4.79 Å². The largest absolute Gasteiger partial charge is 0.374 e. The highest BCUT2D eigenvalue weighted by atomic mass is 32.1. The minimum absolute atomic E-state index is 0.0256. The highest BCUT2D eigenvalue weighted by Gasteiger charge is 2.45. The second-order valence-corrected chi connectivity index (χ2v) is 6.78. The summed E-state index contributed by atoms with van der Waals surface area (Å²) in [6, 6.07) is 3.93. The van der Waals surface area contributed by atoms with Crippen molar-refractivity contribution in [3.8, 4) is 0 Å². The van der Waals surface area contributed by atoms with Crippen molar-refractivity contribution in [3.05, 3.63) is 46.7 Å². The maximum Gasteiger partial charge on any atom is 0.273 e. The first-order valence-corrected chi connectivity index (χ1v) is 9.08. The molecule has 1 aliphatic carbocycles. The molecule has 2 aliphatic rings. The molecule has 1 amide bonds. The Bertz CT molecular complexity index is 680. The molecule has 1 aliphatic heterocycles. The SMILES string of the molecule is O=C(c1cscn1)N1CCO[C@H]2CC[C@H]1[C@@H]2OCc1cccnc1. The summed E-state index contributed by atoms with van der Waals surface area (Å²) in [6.45, 7) is 1.61. The second-order valence-electron chi connectivity index (χ2n) is 6.06. The Morgan fingerprint density at radius 1 is 1.46 bits per heavy atom. The van der Waals surface area contributed by atoms with Gasteiger partial charge in [-0.3, -0.25) is 9.78 Å². The van der Waals surface area contributed by atoms with E-state index < -0.39 is 0 Å². The molecule has 24 heavy (non-hydrogen) atoms. The molecule has 2 aromatic heterocycles. The van der Waals surface area contributed by atoms with Gasteiger partial charge in [-0.1, -0.05) is 6.07 Å². The van der Waals surface area contributed by atoms with Crippen LogP contribution in [0.25, 0.3) is 0 Å². The number of nitrogens with zero attached hydrogens (tertiary/aromatic N) is 3. The van der Waals surface area contributed by atoms with E-state index in [-0.39, 0.29) is 24.2 Å². The molecule has 0 aromatic carbocycles. The zero-order valence-electron chi connectivity index (χ0n) is 13.2. The number of hydrogen-bond donors (Lipinski definition) is 0. The molecule has 0 N–H and O–H groups in total. The van der Waals surface area contributed by atoms with Crippen LogP contribution in [0, 0.1) is 0 Å². The third-order valence-electron chi connectivity index (χ3n) is 4.63. The van der Waals surface area contributed by atoms with Gasteiger partial charge in [0.2, 0.25) is 0 Å². The normalized spacial score (nSPS) is 26.3. The molecule has 0 spiro atoms. The van der Waals surface area contributed by atoms with Gasteiger partial charge in [0.25, 0.3) is 5.91 Å². The van der Waals surface area contributed by atoms with Gasteiger partial charge in [0.05, 0.1) is 30.9 Å². The van der Waals surface area contributed by atoms with Gasteiger partial charge in [-0.2, -0.15) is 0 Å². The fraction of sp³-hybridized carbons (Fsp3) is 0.471. The number of amides is 1. The second kappa shape index (κ2) is 6.96. The summed E-state index contributed by atoms with van der Waals surface area (Å²) < 4.78 is 12.1. The molecule has 2 aromatic rings. The zero-order chi connectivity index (χ0) is 16.4. The van der Waals surface area contributed by atoms with Gasteiger partial charge in [0, 0.05) is 24.3 Å². The van der Waals surface area contributed by atoms with Gasteiger partial charge in [0.15, 0.2) is 0 Å². The van der Waals surface area contributed by atoms with Crippen LogP contribution >= 0.6 is 11.3 Å². The fourth-order valence-electron chi connectivity index (χ4n) is 3.50. The predicted octanol–water partition coefficient (Wildman–Crippen LogP) is 2.13. The van der Waals surface area contributed by atoms with Gasteiger partial charge in [0.1, 0.15) is 11.8 Å². The van der Waals surface area contributed by atoms with E-state index in [0.717, 1.165) is 18.4 Å². The van der Waals surface area contributed by atoms with Crippen LogP contribution in [-0.4, -0.2) is 52.2 Å². The first-order chi connectivity index (χ1) is 11.8. The van der Waals surface area contributed by atoms with E-state index >= 15 is 0 Å². The van der Waals surface area contributed by atoms with E-state index in [4.69, 9.17) is 9.47 Å². The minimum Gasteiger partial charge on any atom is -0.374 e. The third-order valence-corrected chi connectivity index (χ3v) is 5.22. The monoisotopic (exact) mass is 345 g/mol. The van der Waals surface area contributed by atoms with Crippen LogP contribution < -0.4 is 0 Å². The Labute approximate surface area is 144 Å². The standard InChI is InChI=1S/C17H19N3O3S/c21-17(13-10-24-11-19-13)20-6-7-22-15-4-3-14(20)16(15)23-9-12-2-1-5-18-8-12/h1-2,5,8,10-11,14-16H,3-4,6-7,9H2/t14-,15-,16-/m0/s1. The molecular formula is C17H19N3O3S. The van der Waals surface area contributed by atoms with Crippen LogP contribution in [0.3, 0.4) is 0 Å². The molecule has 0 radical (unpaired) electrons. The molecule has 3 heterocycles. The minimum atomic E-state index is -0.102. The molecule has 1 saturated heterocycles. The van der Waals surface area contributed by atoms with E-state index in [1.165, 1.54) is 11.3 Å². The lowest BCUT2D eigenvalue weighted by atomic mass is 10.1. The van der Waals surface area contributed by atoms with Crippen LogP contribution in [0.2, 0.25) is 0 Å². The lowest BCUT2D eigenvalue weighted by Gasteiger charge is -2.30. The number of hydrogen-bond acceptors (Lipinski definition) is 6. The van der Waals surface area contributed by atoms with Crippen molar-refractivity contribution in [2.24, 2.45) is 0 Å². The van der Waals surface area contributed by atoms with Gasteiger partial charge >= 0.3 is 0 Å².